The molecule has 0 atom stereocenters. The summed E-state index contributed by atoms with van der Waals surface area (Å²) in [4.78, 5) is 12.7. The minimum absolute atomic E-state index is 0.0585. The van der Waals surface area contributed by atoms with Gasteiger partial charge in [-0.2, -0.15) is 0 Å². The molecule has 0 unspecified atom stereocenters. The number of fused-ring (bicyclic) bond motifs is 2. The Balaban J connectivity index is 2.40. The van der Waals surface area contributed by atoms with E-state index in [0.717, 1.165) is 31.4 Å². The van der Waals surface area contributed by atoms with Crippen molar-refractivity contribution in [3.05, 3.63) is 51.1 Å². The Labute approximate surface area is 129 Å². The van der Waals surface area contributed by atoms with Crippen LogP contribution in [-0.2, 0) is 0 Å². The van der Waals surface area contributed by atoms with Crippen molar-refractivity contribution in [1.82, 2.24) is 0 Å². The van der Waals surface area contributed by atoms with Crippen molar-refractivity contribution < 1.29 is 4.74 Å². The average molecular weight is 349 g/mol. The summed E-state index contributed by atoms with van der Waals surface area (Å²) in [7, 11) is 0. The van der Waals surface area contributed by atoms with E-state index in [-0.39, 0.29) is 5.43 Å². The summed E-state index contributed by atoms with van der Waals surface area (Å²) in [6, 6.07) is 11.5. The van der Waals surface area contributed by atoms with Crippen molar-refractivity contribution in [2.45, 2.75) is 13.3 Å². The zero-order chi connectivity index (χ0) is 14.1. The monoisotopic (exact) mass is 348 g/mol. The highest BCUT2D eigenvalue weighted by Gasteiger charge is 2.12. The van der Waals surface area contributed by atoms with Crippen LogP contribution < -0.4 is 10.2 Å². The van der Waals surface area contributed by atoms with E-state index < -0.39 is 0 Å². The number of ether oxygens (including phenoxy) is 1. The molecule has 0 aliphatic rings. The Morgan fingerprint density at radius 2 is 2.00 bits per heavy atom. The molecule has 2 aromatic carbocycles. The van der Waals surface area contributed by atoms with Crippen molar-refractivity contribution >= 4 is 47.4 Å². The molecule has 1 aromatic heterocycles. The molecule has 0 saturated carbocycles. The van der Waals surface area contributed by atoms with E-state index in [9.17, 15) is 4.79 Å². The van der Waals surface area contributed by atoms with Gasteiger partial charge in [-0.15, -0.1) is 11.3 Å². The first-order valence-corrected chi connectivity index (χ1v) is 8.10. The predicted octanol–water partition coefficient (Wildman–Crippen LogP) is 4.97. The molecule has 0 amide bonds. The Morgan fingerprint density at radius 1 is 1.20 bits per heavy atom. The maximum Gasteiger partial charge on any atom is 0.197 e. The predicted molar refractivity (Wildman–Crippen MR) is 89.1 cm³/mol. The first-order valence-electron chi connectivity index (χ1n) is 6.49. The molecule has 1 heterocycles. The van der Waals surface area contributed by atoms with Gasteiger partial charge in [-0.25, -0.2) is 0 Å². The van der Waals surface area contributed by atoms with Gasteiger partial charge in [0.15, 0.2) is 5.43 Å². The van der Waals surface area contributed by atoms with E-state index in [4.69, 9.17) is 4.74 Å². The van der Waals surface area contributed by atoms with Gasteiger partial charge in [0.1, 0.15) is 5.75 Å². The lowest BCUT2D eigenvalue weighted by Crippen LogP contribution is -2.03. The highest BCUT2D eigenvalue weighted by atomic mass is 79.9. The third kappa shape index (κ3) is 2.23. The third-order valence-electron chi connectivity index (χ3n) is 3.10. The highest BCUT2D eigenvalue weighted by Crippen LogP contribution is 2.35. The number of benzene rings is 2. The van der Waals surface area contributed by atoms with Crippen molar-refractivity contribution in [1.29, 1.82) is 0 Å². The van der Waals surface area contributed by atoms with Crippen LogP contribution in [-0.4, -0.2) is 6.61 Å². The lowest BCUT2D eigenvalue weighted by molar-refractivity contribution is 0.321. The van der Waals surface area contributed by atoms with E-state index in [1.807, 2.05) is 36.4 Å². The summed E-state index contributed by atoms with van der Waals surface area (Å²) in [6.45, 7) is 2.73. The average Bonchev–Trinajstić information content (AvgIpc) is 2.47. The molecule has 2 nitrogen and oxygen atoms in total. The van der Waals surface area contributed by atoms with Crippen LogP contribution in [0.1, 0.15) is 13.3 Å². The van der Waals surface area contributed by atoms with Gasteiger partial charge in [0.05, 0.1) is 16.7 Å². The van der Waals surface area contributed by atoms with Gasteiger partial charge in [-0.3, -0.25) is 4.79 Å². The zero-order valence-electron chi connectivity index (χ0n) is 11.0. The van der Waals surface area contributed by atoms with Gasteiger partial charge >= 0.3 is 0 Å². The van der Waals surface area contributed by atoms with Crippen LogP contribution in [0.15, 0.2) is 45.7 Å². The van der Waals surface area contributed by atoms with Crippen LogP contribution in [0, 0.1) is 0 Å². The van der Waals surface area contributed by atoms with Crippen LogP contribution >= 0.6 is 27.3 Å². The Kier molecular flexibility index (Phi) is 3.76. The summed E-state index contributed by atoms with van der Waals surface area (Å²) < 4.78 is 8.50. The second-order valence-corrected chi connectivity index (χ2v) is 6.43. The summed E-state index contributed by atoms with van der Waals surface area (Å²) in [5.41, 5.74) is 0.0585. The van der Waals surface area contributed by atoms with Gasteiger partial charge in [0.25, 0.3) is 0 Å². The largest absolute Gasteiger partial charge is 0.492 e. The lowest BCUT2D eigenvalue weighted by Gasteiger charge is -2.09. The topological polar surface area (TPSA) is 26.3 Å². The molecule has 20 heavy (non-hydrogen) atoms. The molecule has 3 rings (SSSR count). The number of hydrogen-bond acceptors (Lipinski definition) is 3. The van der Waals surface area contributed by atoms with Crippen molar-refractivity contribution in [2.24, 2.45) is 0 Å². The Morgan fingerprint density at radius 3 is 2.80 bits per heavy atom. The molecule has 0 N–H and O–H groups in total. The van der Waals surface area contributed by atoms with E-state index >= 15 is 0 Å². The van der Waals surface area contributed by atoms with Crippen molar-refractivity contribution in [2.75, 3.05) is 6.61 Å². The van der Waals surface area contributed by atoms with Gasteiger partial charge in [0, 0.05) is 14.6 Å². The molecular formula is C16H13BrO2S. The van der Waals surface area contributed by atoms with Crippen LogP contribution in [0.5, 0.6) is 5.75 Å². The van der Waals surface area contributed by atoms with E-state index in [1.54, 1.807) is 11.3 Å². The molecule has 0 aliphatic carbocycles. The normalized spacial score (nSPS) is 11.1. The van der Waals surface area contributed by atoms with Crippen LogP contribution in [0.25, 0.3) is 20.2 Å². The summed E-state index contributed by atoms with van der Waals surface area (Å²) in [5.74, 6) is 0.790. The maximum atomic E-state index is 12.7. The van der Waals surface area contributed by atoms with Crippen LogP contribution in [0.2, 0.25) is 0 Å². The number of halogens is 1. The smallest absolute Gasteiger partial charge is 0.197 e. The molecule has 4 heteroatoms. The van der Waals surface area contributed by atoms with E-state index in [1.165, 1.54) is 0 Å². The van der Waals surface area contributed by atoms with Crippen LogP contribution in [0.4, 0.5) is 0 Å². The van der Waals surface area contributed by atoms with E-state index in [2.05, 4.69) is 22.9 Å². The minimum Gasteiger partial charge on any atom is -0.492 e. The minimum atomic E-state index is 0.0585. The molecule has 102 valence electrons. The van der Waals surface area contributed by atoms with Gasteiger partial charge in [0.2, 0.25) is 0 Å². The molecule has 0 radical (unpaired) electrons. The van der Waals surface area contributed by atoms with Crippen molar-refractivity contribution in [3.63, 3.8) is 0 Å². The fourth-order valence-electron chi connectivity index (χ4n) is 2.17. The van der Waals surface area contributed by atoms with Crippen LogP contribution in [0.3, 0.4) is 0 Å². The molecule has 0 bridgehead atoms. The van der Waals surface area contributed by atoms with Gasteiger partial charge in [-0.1, -0.05) is 19.1 Å². The second kappa shape index (κ2) is 5.54. The molecule has 3 aromatic rings. The molecule has 0 aliphatic heterocycles. The molecule has 0 saturated heterocycles. The lowest BCUT2D eigenvalue weighted by atomic mass is 10.2. The van der Waals surface area contributed by atoms with Gasteiger partial charge < -0.3 is 4.74 Å². The van der Waals surface area contributed by atoms with Crippen molar-refractivity contribution in [3.8, 4) is 5.75 Å². The summed E-state index contributed by atoms with van der Waals surface area (Å²) >= 11 is 5.09. The zero-order valence-corrected chi connectivity index (χ0v) is 13.4. The third-order valence-corrected chi connectivity index (χ3v) is 4.95. The number of rotatable bonds is 3. The number of hydrogen-bond donors (Lipinski definition) is 0. The first kappa shape index (κ1) is 13.6. The molecular weight excluding hydrogens is 336 g/mol. The van der Waals surface area contributed by atoms with Gasteiger partial charge in [-0.05, 0) is 46.6 Å². The fourth-order valence-corrected chi connectivity index (χ4v) is 3.98. The summed E-state index contributed by atoms with van der Waals surface area (Å²) in [5, 5.41) is 1.47. The Hall–Kier alpha value is -1.39. The maximum absolute atomic E-state index is 12.7. The second-order valence-electron chi connectivity index (χ2n) is 4.53. The fraction of sp³-hybridized carbons (Fsp3) is 0.188. The highest BCUT2D eigenvalue weighted by molar-refractivity contribution is 9.10. The molecule has 0 spiro atoms. The SMILES string of the molecule is CCCOc1ccc(Br)c2c(=O)c3ccccc3sc12. The molecule has 0 fully saturated rings. The Bertz CT molecular complexity index is 839. The quantitative estimate of drug-likeness (QED) is 0.625. The standard InChI is InChI=1S/C16H13BrO2S/c1-2-9-19-12-8-7-11(17)14-15(18)10-5-3-4-6-13(10)20-16(12)14/h3-8H,2,9H2,1H3. The van der Waals surface area contributed by atoms with E-state index in [0.29, 0.717) is 12.0 Å². The summed E-state index contributed by atoms with van der Waals surface area (Å²) in [6.07, 6.45) is 0.944. The first-order chi connectivity index (χ1) is 9.72.